The van der Waals surface area contributed by atoms with Crippen molar-refractivity contribution in [2.75, 3.05) is 6.54 Å². The van der Waals surface area contributed by atoms with Crippen LogP contribution in [0, 0.1) is 19.8 Å². The molecular weight excluding hydrogens is 296 g/mol. The number of likely N-dealkylation sites (tertiary alicyclic amines) is 1. The van der Waals surface area contributed by atoms with Crippen molar-refractivity contribution in [3.05, 3.63) is 65.0 Å². The van der Waals surface area contributed by atoms with Gasteiger partial charge in [-0.25, -0.2) is 0 Å². The van der Waals surface area contributed by atoms with Crippen molar-refractivity contribution in [3.8, 4) is 0 Å². The predicted molar refractivity (Wildman–Crippen MR) is 94.7 cm³/mol. The van der Waals surface area contributed by atoms with Gasteiger partial charge in [-0.05, 0) is 73.4 Å². The van der Waals surface area contributed by atoms with E-state index in [4.69, 9.17) is 0 Å². The molecule has 1 aliphatic heterocycles. The van der Waals surface area contributed by atoms with Gasteiger partial charge in [0.15, 0.2) is 0 Å². The lowest BCUT2D eigenvalue weighted by molar-refractivity contribution is -0.133. The normalized spacial score (nSPS) is 25.8. The minimum atomic E-state index is 0.176. The molecule has 1 saturated heterocycles. The fourth-order valence-electron chi connectivity index (χ4n) is 4.01. The molecule has 3 heteroatoms. The summed E-state index contributed by atoms with van der Waals surface area (Å²) in [6.07, 6.45) is 6.81. The largest absolute Gasteiger partial charge is 0.335 e. The SMILES string of the molecule is Cc1ccc([C@@H]2C[C@H]2C(=O)N2CCC[C@H]2c2ccncc2)cc1C. The topological polar surface area (TPSA) is 33.2 Å². The molecule has 3 nitrogen and oxygen atoms in total. The second kappa shape index (κ2) is 6.04. The number of rotatable bonds is 3. The zero-order valence-corrected chi connectivity index (χ0v) is 14.4. The summed E-state index contributed by atoms with van der Waals surface area (Å²) in [6, 6.07) is 11.0. The number of pyridine rings is 1. The highest BCUT2D eigenvalue weighted by molar-refractivity contribution is 5.83. The van der Waals surface area contributed by atoms with E-state index in [1.54, 1.807) is 0 Å². The van der Waals surface area contributed by atoms with Gasteiger partial charge in [-0.2, -0.15) is 0 Å². The molecule has 1 aromatic carbocycles. The van der Waals surface area contributed by atoms with Gasteiger partial charge >= 0.3 is 0 Å². The lowest BCUT2D eigenvalue weighted by Gasteiger charge is -2.25. The molecule has 1 aliphatic carbocycles. The smallest absolute Gasteiger partial charge is 0.226 e. The number of amides is 1. The van der Waals surface area contributed by atoms with E-state index in [1.807, 2.05) is 24.5 Å². The van der Waals surface area contributed by atoms with Crippen molar-refractivity contribution in [1.82, 2.24) is 9.88 Å². The average molecular weight is 320 g/mol. The summed E-state index contributed by atoms with van der Waals surface area (Å²) in [7, 11) is 0. The van der Waals surface area contributed by atoms with Gasteiger partial charge in [0.05, 0.1) is 6.04 Å². The Bertz CT molecular complexity index is 756. The zero-order chi connectivity index (χ0) is 16.7. The standard InChI is InChI=1S/C21H24N2O/c1-14-5-6-17(12-15(14)2)18-13-19(18)21(24)23-11-3-4-20(23)16-7-9-22-10-8-16/h5-10,12,18-20H,3-4,11,13H2,1-2H3/t18-,19+,20-/m0/s1. The molecule has 124 valence electrons. The minimum absolute atomic E-state index is 0.176. The number of aryl methyl sites for hydroxylation is 2. The third-order valence-electron chi connectivity index (χ3n) is 5.69. The van der Waals surface area contributed by atoms with Gasteiger partial charge < -0.3 is 4.90 Å². The predicted octanol–water partition coefficient (Wildman–Crippen LogP) is 4.17. The second-order valence-corrected chi connectivity index (χ2v) is 7.26. The molecule has 0 N–H and O–H groups in total. The molecule has 0 bridgehead atoms. The van der Waals surface area contributed by atoms with E-state index in [1.165, 1.54) is 22.3 Å². The summed E-state index contributed by atoms with van der Waals surface area (Å²) >= 11 is 0. The van der Waals surface area contributed by atoms with E-state index in [9.17, 15) is 4.79 Å². The van der Waals surface area contributed by atoms with Gasteiger partial charge in [0.2, 0.25) is 5.91 Å². The van der Waals surface area contributed by atoms with Gasteiger partial charge in [-0.15, -0.1) is 0 Å². The van der Waals surface area contributed by atoms with Crippen LogP contribution in [0.3, 0.4) is 0 Å². The average Bonchev–Trinajstić information content (AvgIpc) is 3.25. The van der Waals surface area contributed by atoms with Crippen LogP contribution < -0.4 is 0 Å². The molecule has 1 saturated carbocycles. The summed E-state index contributed by atoms with van der Waals surface area (Å²) < 4.78 is 0. The molecule has 2 aromatic rings. The molecule has 4 rings (SSSR count). The van der Waals surface area contributed by atoms with Crippen LogP contribution in [0.4, 0.5) is 0 Å². The van der Waals surface area contributed by atoms with Gasteiger partial charge in [0.25, 0.3) is 0 Å². The zero-order valence-electron chi connectivity index (χ0n) is 14.4. The third kappa shape index (κ3) is 2.72. The maximum Gasteiger partial charge on any atom is 0.226 e. The summed E-state index contributed by atoms with van der Waals surface area (Å²) in [6.45, 7) is 5.18. The summed E-state index contributed by atoms with van der Waals surface area (Å²) in [5, 5.41) is 0. The van der Waals surface area contributed by atoms with Crippen molar-refractivity contribution < 1.29 is 4.79 Å². The first kappa shape index (κ1) is 15.4. The van der Waals surface area contributed by atoms with Crippen LogP contribution in [0.5, 0.6) is 0 Å². The molecule has 0 radical (unpaired) electrons. The Hall–Kier alpha value is -2.16. The molecule has 2 aliphatic rings. The van der Waals surface area contributed by atoms with E-state index >= 15 is 0 Å². The number of carbonyl (C=O) groups is 1. The van der Waals surface area contributed by atoms with Crippen molar-refractivity contribution in [1.29, 1.82) is 0 Å². The maximum absolute atomic E-state index is 13.0. The monoisotopic (exact) mass is 320 g/mol. The van der Waals surface area contributed by atoms with Crippen LogP contribution in [0.2, 0.25) is 0 Å². The van der Waals surface area contributed by atoms with E-state index in [-0.39, 0.29) is 12.0 Å². The molecule has 2 fully saturated rings. The number of hydrogen-bond donors (Lipinski definition) is 0. The number of aromatic nitrogens is 1. The Balaban J connectivity index is 1.49. The van der Waals surface area contributed by atoms with Crippen LogP contribution in [0.1, 0.15) is 53.5 Å². The highest BCUT2D eigenvalue weighted by atomic mass is 16.2. The fraction of sp³-hybridized carbons (Fsp3) is 0.429. The molecular formula is C21H24N2O. The Morgan fingerprint density at radius 1 is 1.08 bits per heavy atom. The van der Waals surface area contributed by atoms with Gasteiger partial charge in [0.1, 0.15) is 0 Å². The van der Waals surface area contributed by atoms with Crippen LogP contribution in [-0.4, -0.2) is 22.3 Å². The first-order valence-electron chi connectivity index (χ1n) is 8.92. The van der Waals surface area contributed by atoms with Gasteiger partial charge in [-0.3, -0.25) is 9.78 Å². The molecule has 1 amide bonds. The van der Waals surface area contributed by atoms with E-state index in [2.05, 4.69) is 41.9 Å². The van der Waals surface area contributed by atoms with Crippen LogP contribution in [0.25, 0.3) is 0 Å². The fourth-order valence-corrected chi connectivity index (χ4v) is 4.01. The van der Waals surface area contributed by atoms with Crippen molar-refractivity contribution in [2.45, 2.75) is 45.1 Å². The molecule has 1 aromatic heterocycles. The molecule has 0 unspecified atom stereocenters. The second-order valence-electron chi connectivity index (χ2n) is 7.26. The summed E-state index contributed by atoms with van der Waals surface area (Å²) in [5.41, 5.74) is 5.19. The quantitative estimate of drug-likeness (QED) is 0.850. The van der Waals surface area contributed by atoms with Crippen LogP contribution in [0.15, 0.2) is 42.7 Å². The van der Waals surface area contributed by atoms with Crippen molar-refractivity contribution in [2.24, 2.45) is 5.92 Å². The van der Waals surface area contributed by atoms with Crippen LogP contribution >= 0.6 is 0 Å². The number of carbonyl (C=O) groups excluding carboxylic acids is 1. The van der Waals surface area contributed by atoms with Gasteiger partial charge in [-0.1, -0.05) is 18.2 Å². The molecule has 0 spiro atoms. The van der Waals surface area contributed by atoms with E-state index in [0.717, 1.165) is 25.8 Å². The first-order chi connectivity index (χ1) is 11.6. The summed E-state index contributed by atoms with van der Waals surface area (Å²) in [5.74, 6) is 0.933. The third-order valence-corrected chi connectivity index (χ3v) is 5.69. The van der Waals surface area contributed by atoms with E-state index in [0.29, 0.717) is 11.8 Å². The Morgan fingerprint density at radius 2 is 1.88 bits per heavy atom. The lowest BCUT2D eigenvalue weighted by Crippen LogP contribution is -2.32. The number of benzene rings is 1. The first-order valence-corrected chi connectivity index (χ1v) is 8.92. The molecule has 3 atom stereocenters. The lowest BCUT2D eigenvalue weighted by atomic mass is 10.0. The van der Waals surface area contributed by atoms with Gasteiger partial charge in [0, 0.05) is 24.9 Å². The Labute approximate surface area is 143 Å². The molecule has 2 heterocycles. The van der Waals surface area contributed by atoms with Crippen LogP contribution in [-0.2, 0) is 4.79 Å². The highest BCUT2D eigenvalue weighted by Crippen LogP contribution is 2.50. The minimum Gasteiger partial charge on any atom is -0.335 e. The Morgan fingerprint density at radius 3 is 2.62 bits per heavy atom. The Kier molecular flexibility index (Phi) is 3.87. The summed E-state index contributed by atoms with van der Waals surface area (Å²) in [4.78, 5) is 19.2. The highest BCUT2D eigenvalue weighted by Gasteiger charge is 2.47. The van der Waals surface area contributed by atoms with E-state index < -0.39 is 0 Å². The van der Waals surface area contributed by atoms with Crippen molar-refractivity contribution in [3.63, 3.8) is 0 Å². The number of nitrogens with zero attached hydrogens (tertiary/aromatic N) is 2. The van der Waals surface area contributed by atoms with Crippen molar-refractivity contribution >= 4 is 5.91 Å². The molecule has 24 heavy (non-hydrogen) atoms. The maximum atomic E-state index is 13.0. The number of hydrogen-bond acceptors (Lipinski definition) is 2.